The lowest BCUT2D eigenvalue weighted by atomic mass is 9.88. The van der Waals surface area contributed by atoms with E-state index in [4.69, 9.17) is 0 Å². The fourth-order valence-electron chi connectivity index (χ4n) is 4.25. The fourth-order valence-corrected chi connectivity index (χ4v) is 5.17. The van der Waals surface area contributed by atoms with E-state index in [0.29, 0.717) is 12.1 Å². The van der Waals surface area contributed by atoms with E-state index in [2.05, 4.69) is 45.9 Å². The third-order valence-corrected chi connectivity index (χ3v) is 6.70. The molecule has 1 saturated heterocycles. The second-order valence-electron chi connectivity index (χ2n) is 6.80. The highest BCUT2D eigenvalue weighted by Gasteiger charge is 2.45. The van der Waals surface area contributed by atoms with E-state index in [0.717, 1.165) is 37.7 Å². The molecule has 0 aromatic rings. The van der Waals surface area contributed by atoms with Gasteiger partial charge in [-0.3, -0.25) is 15.0 Å². The first-order valence-electron chi connectivity index (χ1n) is 8.43. The molecule has 0 amide bonds. The fraction of sp³-hybridized carbons (Fsp3) is 0.765. The van der Waals surface area contributed by atoms with Crippen LogP contribution < -0.4 is 5.32 Å². The second-order valence-corrected chi connectivity index (χ2v) is 8.10. The van der Waals surface area contributed by atoms with Crippen LogP contribution in [0.5, 0.6) is 0 Å². The molecule has 4 unspecified atom stereocenters. The number of carbonyl (C=O) groups is 1. The summed E-state index contributed by atoms with van der Waals surface area (Å²) in [4.78, 5) is 15.2. The maximum atomic E-state index is 12.9. The van der Waals surface area contributed by atoms with Gasteiger partial charge in [0.05, 0.1) is 12.2 Å². The number of carbonyl (C=O) groups excluding carboxylic acids is 1. The van der Waals surface area contributed by atoms with E-state index in [9.17, 15) is 10.1 Å². The maximum absolute atomic E-state index is 12.9. The van der Waals surface area contributed by atoms with Gasteiger partial charge in [0.25, 0.3) is 0 Å². The van der Waals surface area contributed by atoms with Gasteiger partial charge in [-0.25, -0.2) is 0 Å². The largest absolute Gasteiger partial charge is 0.296 e. The SMILES string of the molecule is CN1C2CCCCC2NC1C(C#N)C(=O)C1=C(I)CCCC1. The van der Waals surface area contributed by atoms with Crippen LogP contribution in [0.2, 0.25) is 0 Å². The number of nitrogens with one attached hydrogen (secondary N) is 1. The highest BCUT2D eigenvalue weighted by Crippen LogP contribution is 2.35. The van der Waals surface area contributed by atoms with Crippen LogP contribution >= 0.6 is 22.6 Å². The summed E-state index contributed by atoms with van der Waals surface area (Å²) in [7, 11) is 2.07. The molecule has 2 aliphatic carbocycles. The number of Topliss-reactive ketones (excluding diaryl/α,β-unsaturated/α-hetero) is 1. The van der Waals surface area contributed by atoms with Crippen LogP contribution in [0.15, 0.2) is 9.15 Å². The van der Waals surface area contributed by atoms with Crippen molar-refractivity contribution in [2.24, 2.45) is 5.92 Å². The van der Waals surface area contributed by atoms with Crippen LogP contribution in [-0.4, -0.2) is 36.0 Å². The number of fused-ring (bicyclic) bond motifs is 1. The topological polar surface area (TPSA) is 56.1 Å². The summed E-state index contributed by atoms with van der Waals surface area (Å²) in [5.74, 6) is -0.511. The molecule has 1 aliphatic heterocycles. The lowest BCUT2D eigenvalue weighted by Gasteiger charge is -2.30. The highest BCUT2D eigenvalue weighted by atomic mass is 127. The van der Waals surface area contributed by atoms with Gasteiger partial charge < -0.3 is 0 Å². The van der Waals surface area contributed by atoms with Crippen molar-refractivity contribution >= 4 is 28.4 Å². The van der Waals surface area contributed by atoms with Crippen molar-refractivity contribution in [1.82, 2.24) is 10.2 Å². The van der Waals surface area contributed by atoms with Crippen LogP contribution in [0.25, 0.3) is 0 Å². The number of nitriles is 1. The number of allylic oxidation sites excluding steroid dienone is 2. The van der Waals surface area contributed by atoms with Crippen LogP contribution in [0.3, 0.4) is 0 Å². The Morgan fingerprint density at radius 1 is 1.32 bits per heavy atom. The molecule has 0 radical (unpaired) electrons. The van der Waals surface area contributed by atoms with E-state index in [1.54, 1.807) is 0 Å². The standard InChI is InChI=1S/C17H24IN3O/c1-21-15-9-5-4-8-14(15)20-17(21)12(10-19)16(22)11-6-2-3-7-13(11)18/h12,14-15,17,20H,2-9H2,1H3. The average molecular weight is 413 g/mol. The number of halogens is 1. The predicted octanol–water partition coefficient (Wildman–Crippen LogP) is 3.13. The highest BCUT2D eigenvalue weighted by molar-refractivity contribution is 14.1. The molecule has 4 nitrogen and oxygen atoms in total. The first kappa shape index (κ1) is 16.4. The maximum Gasteiger partial charge on any atom is 0.179 e. The molecule has 1 saturated carbocycles. The van der Waals surface area contributed by atoms with E-state index in [1.165, 1.54) is 22.8 Å². The zero-order valence-corrected chi connectivity index (χ0v) is 15.3. The minimum atomic E-state index is -0.575. The van der Waals surface area contributed by atoms with Gasteiger partial charge in [0.15, 0.2) is 5.78 Å². The summed E-state index contributed by atoms with van der Waals surface area (Å²) in [6.45, 7) is 0. The Hall–Kier alpha value is -0.450. The van der Waals surface area contributed by atoms with Gasteiger partial charge in [0, 0.05) is 17.7 Å². The number of nitrogens with zero attached hydrogens (tertiary/aromatic N) is 2. The molecule has 0 aromatic carbocycles. The molecule has 22 heavy (non-hydrogen) atoms. The molecule has 2 fully saturated rings. The van der Waals surface area contributed by atoms with Gasteiger partial charge in [-0.15, -0.1) is 0 Å². The van der Waals surface area contributed by atoms with Crippen molar-refractivity contribution in [1.29, 1.82) is 5.26 Å². The summed E-state index contributed by atoms with van der Waals surface area (Å²) in [5, 5.41) is 13.2. The van der Waals surface area contributed by atoms with Gasteiger partial charge in [0.1, 0.15) is 5.92 Å². The molecule has 4 atom stereocenters. The van der Waals surface area contributed by atoms with E-state index < -0.39 is 5.92 Å². The lowest BCUT2D eigenvalue weighted by molar-refractivity contribution is -0.119. The zero-order chi connectivity index (χ0) is 15.7. The molecule has 120 valence electrons. The van der Waals surface area contributed by atoms with Crippen molar-refractivity contribution in [3.63, 3.8) is 0 Å². The normalized spacial score (nSPS) is 34.1. The van der Waals surface area contributed by atoms with Gasteiger partial charge in [-0.2, -0.15) is 5.26 Å². The van der Waals surface area contributed by atoms with Crippen molar-refractivity contribution in [3.05, 3.63) is 9.15 Å². The minimum absolute atomic E-state index is 0.0644. The molecular weight excluding hydrogens is 389 g/mol. The molecule has 0 aromatic heterocycles. The van der Waals surface area contributed by atoms with E-state index >= 15 is 0 Å². The summed E-state index contributed by atoms with van der Waals surface area (Å²) in [6.07, 6.45) is 8.82. The Labute approximate surface area is 146 Å². The third-order valence-electron chi connectivity index (χ3n) is 5.51. The minimum Gasteiger partial charge on any atom is -0.296 e. The Kier molecular flexibility index (Phi) is 5.20. The zero-order valence-electron chi connectivity index (χ0n) is 13.1. The van der Waals surface area contributed by atoms with Crippen LogP contribution in [0.4, 0.5) is 0 Å². The Bertz CT molecular complexity index is 524. The number of rotatable bonds is 3. The molecule has 3 aliphatic rings. The number of hydrogen-bond donors (Lipinski definition) is 1. The van der Waals surface area contributed by atoms with Gasteiger partial charge >= 0.3 is 0 Å². The predicted molar refractivity (Wildman–Crippen MR) is 94.4 cm³/mol. The first-order chi connectivity index (χ1) is 10.6. The molecule has 1 N–H and O–H groups in total. The third kappa shape index (κ3) is 2.98. The molecule has 5 heteroatoms. The average Bonchev–Trinajstić information content (AvgIpc) is 2.86. The lowest BCUT2D eigenvalue weighted by Crippen LogP contribution is -2.45. The van der Waals surface area contributed by atoms with Gasteiger partial charge in [0.2, 0.25) is 0 Å². The second kappa shape index (κ2) is 6.98. The summed E-state index contributed by atoms with van der Waals surface area (Å²) < 4.78 is 1.17. The summed E-state index contributed by atoms with van der Waals surface area (Å²) >= 11 is 2.30. The Morgan fingerprint density at radius 2 is 2.05 bits per heavy atom. The van der Waals surface area contributed by atoms with E-state index in [1.807, 2.05) is 0 Å². The van der Waals surface area contributed by atoms with E-state index in [-0.39, 0.29) is 11.9 Å². The molecular formula is C17H24IN3O. The number of ketones is 1. The Morgan fingerprint density at radius 3 is 2.73 bits per heavy atom. The number of likely N-dealkylation sites (N-methyl/N-ethyl adjacent to an activating group) is 1. The smallest absolute Gasteiger partial charge is 0.179 e. The van der Waals surface area contributed by atoms with Crippen molar-refractivity contribution in [2.45, 2.75) is 69.6 Å². The van der Waals surface area contributed by atoms with Crippen molar-refractivity contribution < 1.29 is 4.79 Å². The molecule has 1 heterocycles. The van der Waals surface area contributed by atoms with Crippen LogP contribution in [0, 0.1) is 17.2 Å². The van der Waals surface area contributed by atoms with Gasteiger partial charge in [-0.1, -0.05) is 12.8 Å². The molecule has 0 bridgehead atoms. The summed E-state index contributed by atoms with van der Waals surface area (Å²) in [5.41, 5.74) is 0.920. The molecule has 3 rings (SSSR count). The monoisotopic (exact) mass is 413 g/mol. The molecule has 0 spiro atoms. The van der Waals surface area contributed by atoms with Gasteiger partial charge in [-0.05, 0) is 71.7 Å². The van der Waals surface area contributed by atoms with Crippen LogP contribution in [0.1, 0.15) is 51.4 Å². The number of hydrogen-bond acceptors (Lipinski definition) is 4. The first-order valence-corrected chi connectivity index (χ1v) is 9.50. The van der Waals surface area contributed by atoms with Crippen molar-refractivity contribution in [2.75, 3.05) is 7.05 Å². The Balaban J connectivity index is 1.79. The van der Waals surface area contributed by atoms with Crippen molar-refractivity contribution in [3.8, 4) is 6.07 Å². The quantitative estimate of drug-likeness (QED) is 0.723. The van der Waals surface area contributed by atoms with Crippen LogP contribution in [-0.2, 0) is 4.79 Å². The summed E-state index contributed by atoms with van der Waals surface area (Å²) in [6, 6.07) is 3.25.